The second-order valence-electron chi connectivity index (χ2n) is 8.42. The van der Waals surface area contributed by atoms with Gasteiger partial charge < -0.3 is 20.1 Å². The number of hydrogen-bond donors (Lipinski definition) is 2. The highest BCUT2D eigenvalue weighted by molar-refractivity contribution is 5.93. The molecule has 0 atom stereocenters. The van der Waals surface area contributed by atoms with Crippen molar-refractivity contribution in [1.82, 2.24) is 0 Å². The minimum atomic E-state index is -0.108. The summed E-state index contributed by atoms with van der Waals surface area (Å²) in [5, 5.41) is 6.03. The van der Waals surface area contributed by atoms with Crippen molar-refractivity contribution in [2.75, 3.05) is 30.4 Å². The number of hydrogen-bond acceptors (Lipinski definition) is 4. The molecule has 5 heteroatoms. The molecule has 3 rings (SSSR count). The van der Waals surface area contributed by atoms with Gasteiger partial charge in [0.25, 0.3) is 0 Å². The number of aryl methyl sites for hydroxylation is 1. The summed E-state index contributed by atoms with van der Waals surface area (Å²) < 4.78 is 11.5. The maximum atomic E-state index is 12.3. The fourth-order valence-corrected chi connectivity index (χ4v) is 3.21. The van der Waals surface area contributed by atoms with Crippen LogP contribution in [-0.2, 0) is 11.2 Å². The van der Waals surface area contributed by atoms with Gasteiger partial charge in [-0.1, -0.05) is 44.2 Å². The zero-order valence-corrected chi connectivity index (χ0v) is 19.6. The Morgan fingerprint density at radius 1 is 0.788 bits per heavy atom. The van der Waals surface area contributed by atoms with E-state index < -0.39 is 0 Å². The van der Waals surface area contributed by atoms with Crippen LogP contribution >= 0.6 is 0 Å². The average molecular weight is 447 g/mol. The third kappa shape index (κ3) is 9.27. The Kier molecular flexibility index (Phi) is 9.64. The van der Waals surface area contributed by atoms with Crippen LogP contribution in [0.5, 0.6) is 11.5 Å². The Morgan fingerprint density at radius 3 is 2.03 bits per heavy atom. The Bertz CT molecular complexity index is 955. The van der Waals surface area contributed by atoms with Gasteiger partial charge in [0.1, 0.15) is 11.5 Å². The number of benzene rings is 3. The van der Waals surface area contributed by atoms with Gasteiger partial charge in [-0.25, -0.2) is 0 Å². The number of ether oxygens (including phenoxy) is 2. The first kappa shape index (κ1) is 24.2. The van der Waals surface area contributed by atoms with Crippen LogP contribution in [0.4, 0.5) is 11.4 Å². The number of carbonyl (C=O) groups is 1. The SMILES string of the molecule is CC(C)CCOc1ccc(NCC(=O)Nc2ccc(OCCCc3ccccc3)cc2)cc1. The fraction of sp³-hybridized carbons (Fsp3) is 0.321. The second kappa shape index (κ2) is 13.2. The molecule has 0 spiro atoms. The standard InChI is InChI=1S/C28H34N2O3/c1-22(2)18-20-33-27-14-10-24(11-15-27)29-21-28(31)30-25-12-16-26(17-13-25)32-19-6-9-23-7-4-3-5-8-23/h3-5,7-8,10-17,22,29H,6,9,18-21H2,1-2H3,(H,30,31). The van der Waals surface area contributed by atoms with E-state index in [4.69, 9.17) is 9.47 Å². The number of amides is 1. The van der Waals surface area contributed by atoms with Crippen LogP contribution in [0.2, 0.25) is 0 Å². The lowest BCUT2D eigenvalue weighted by molar-refractivity contribution is -0.114. The Morgan fingerprint density at radius 2 is 1.39 bits per heavy atom. The number of nitrogens with one attached hydrogen (secondary N) is 2. The predicted octanol–water partition coefficient (Wildman–Crippen LogP) is 6.17. The van der Waals surface area contributed by atoms with Crippen molar-refractivity contribution in [3.8, 4) is 11.5 Å². The third-order valence-corrected chi connectivity index (χ3v) is 5.13. The minimum Gasteiger partial charge on any atom is -0.494 e. The molecule has 1 amide bonds. The first-order valence-corrected chi connectivity index (χ1v) is 11.6. The van der Waals surface area contributed by atoms with Crippen LogP contribution in [-0.4, -0.2) is 25.7 Å². The van der Waals surface area contributed by atoms with Crippen molar-refractivity contribution in [3.63, 3.8) is 0 Å². The molecule has 3 aromatic carbocycles. The van der Waals surface area contributed by atoms with Gasteiger partial charge in [-0.2, -0.15) is 0 Å². The van der Waals surface area contributed by atoms with Crippen molar-refractivity contribution < 1.29 is 14.3 Å². The molecule has 0 unspecified atom stereocenters. The van der Waals surface area contributed by atoms with Crippen LogP contribution < -0.4 is 20.1 Å². The maximum absolute atomic E-state index is 12.3. The van der Waals surface area contributed by atoms with E-state index in [1.807, 2.05) is 54.6 Å². The minimum absolute atomic E-state index is 0.108. The van der Waals surface area contributed by atoms with Gasteiger partial charge in [-0.3, -0.25) is 4.79 Å². The topological polar surface area (TPSA) is 59.6 Å². The number of rotatable bonds is 13. The van der Waals surface area contributed by atoms with Gasteiger partial charge in [-0.05, 0) is 79.3 Å². The van der Waals surface area contributed by atoms with Gasteiger partial charge in [0.2, 0.25) is 5.91 Å². The molecule has 2 N–H and O–H groups in total. The molecule has 33 heavy (non-hydrogen) atoms. The van der Waals surface area contributed by atoms with Gasteiger partial charge in [0.15, 0.2) is 0 Å². The number of anilines is 2. The highest BCUT2D eigenvalue weighted by Gasteiger charge is 2.04. The molecule has 0 aromatic heterocycles. The lowest BCUT2D eigenvalue weighted by Crippen LogP contribution is -2.21. The van der Waals surface area contributed by atoms with Crippen LogP contribution in [0.25, 0.3) is 0 Å². The molecule has 3 aromatic rings. The van der Waals surface area contributed by atoms with Crippen LogP contribution in [0.3, 0.4) is 0 Å². The molecular weight excluding hydrogens is 412 g/mol. The molecule has 0 radical (unpaired) electrons. The Balaban J connectivity index is 1.33. The summed E-state index contributed by atoms with van der Waals surface area (Å²) in [4.78, 5) is 12.3. The van der Waals surface area contributed by atoms with E-state index in [0.717, 1.165) is 42.1 Å². The van der Waals surface area contributed by atoms with Crippen molar-refractivity contribution in [3.05, 3.63) is 84.4 Å². The van der Waals surface area contributed by atoms with Crippen molar-refractivity contribution in [1.29, 1.82) is 0 Å². The average Bonchev–Trinajstić information content (AvgIpc) is 2.83. The zero-order chi connectivity index (χ0) is 23.3. The number of carbonyl (C=O) groups excluding carboxylic acids is 1. The highest BCUT2D eigenvalue weighted by Crippen LogP contribution is 2.18. The lowest BCUT2D eigenvalue weighted by atomic mass is 10.1. The van der Waals surface area contributed by atoms with E-state index in [1.54, 1.807) is 0 Å². The molecule has 0 aliphatic heterocycles. The molecule has 0 fully saturated rings. The molecule has 0 heterocycles. The Hall–Kier alpha value is -3.47. The van der Waals surface area contributed by atoms with E-state index in [-0.39, 0.29) is 12.5 Å². The van der Waals surface area contributed by atoms with Gasteiger partial charge in [0, 0.05) is 11.4 Å². The maximum Gasteiger partial charge on any atom is 0.243 e. The van der Waals surface area contributed by atoms with E-state index in [1.165, 1.54) is 5.56 Å². The summed E-state index contributed by atoms with van der Waals surface area (Å²) in [5.74, 6) is 2.16. The van der Waals surface area contributed by atoms with Crippen molar-refractivity contribution in [2.45, 2.75) is 33.1 Å². The summed E-state index contributed by atoms with van der Waals surface area (Å²) in [6.07, 6.45) is 2.98. The van der Waals surface area contributed by atoms with Crippen molar-refractivity contribution >= 4 is 17.3 Å². The molecule has 5 nitrogen and oxygen atoms in total. The summed E-state index contributed by atoms with van der Waals surface area (Å²) in [7, 11) is 0. The van der Waals surface area contributed by atoms with E-state index >= 15 is 0 Å². The second-order valence-corrected chi connectivity index (χ2v) is 8.42. The molecule has 0 saturated carbocycles. The highest BCUT2D eigenvalue weighted by atomic mass is 16.5. The van der Waals surface area contributed by atoms with E-state index in [0.29, 0.717) is 19.1 Å². The molecular formula is C28H34N2O3. The Labute approximate surface area is 197 Å². The fourth-order valence-electron chi connectivity index (χ4n) is 3.21. The summed E-state index contributed by atoms with van der Waals surface area (Å²) in [6, 6.07) is 25.5. The van der Waals surface area contributed by atoms with Crippen molar-refractivity contribution in [2.24, 2.45) is 5.92 Å². The first-order chi connectivity index (χ1) is 16.1. The molecule has 0 aliphatic rings. The third-order valence-electron chi connectivity index (χ3n) is 5.13. The van der Waals surface area contributed by atoms with E-state index in [2.05, 4.69) is 48.7 Å². The molecule has 0 aliphatic carbocycles. The monoisotopic (exact) mass is 446 g/mol. The molecule has 0 saturated heterocycles. The van der Waals surface area contributed by atoms with Crippen LogP contribution in [0.1, 0.15) is 32.3 Å². The summed E-state index contributed by atoms with van der Waals surface area (Å²) in [6.45, 7) is 5.91. The summed E-state index contributed by atoms with van der Waals surface area (Å²) in [5.41, 5.74) is 2.94. The van der Waals surface area contributed by atoms with Gasteiger partial charge >= 0.3 is 0 Å². The quantitative estimate of drug-likeness (QED) is 0.308. The predicted molar refractivity (Wildman–Crippen MR) is 135 cm³/mol. The van der Waals surface area contributed by atoms with Crippen LogP contribution in [0.15, 0.2) is 78.9 Å². The molecule has 0 bridgehead atoms. The smallest absolute Gasteiger partial charge is 0.243 e. The summed E-state index contributed by atoms with van der Waals surface area (Å²) >= 11 is 0. The first-order valence-electron chi connectivity index (χ1n) is 11.6. The van der Waals surface area contributed by atoms with Gasteiger partial charge in [0.05, 0.1) is 19.8 Å². The normalized spacial score (nSPS) is 10.6. The zero-order valence-electron chi connectivity index (χ0n) is 19.6. The van der Waals surface area contributed by atoms with Crippen LogP contribution in [0, 0.1) is 5.92 Å². The van der Waals surface area contributed by atoms with E-state index in [9.17, 15) is 4.79 Å². The largest absolute Gasteiger partial charge is 0.494 e. The molecule has 174 valence electrons. The van der Waals surface area contributed by atoms with Gasteiger partial charge in [-0.15, -0.1) is 0 Å². The lowest BCUT2D eigenvalue weighted by Gasteiger charge is -2.11.